The molecule has 0 amide bonds. The van der Waals surface area contributed by atoms with Crippen LogP contribution in [0.5, 0.6) is 0 Å². The highest BCUT2D eigenvalue weighted by Gasteiger charge is 2.40. The van der Waals surface area contributed by atoms with E-state index in [1.807, 2.05) is 84.9 Å². The number of oxime groups is 1. The summed E-state index contributed by atoms with van der Waals surface area (Å²) in [6.45, 7) is 6.09. The van der Waals surface area contributed by atoms with Crippen LogP contribution in [0.3, 0.4) is 0 Å². The molecule has 0 saturated heterocycles. The van der Waals surface area contributed by atoms with Gasteiger partial charge in [-0.05, 0) is 29.7 Å². The Morgan fingerprint density at radius 3 is 2.04 bits per heavy atom. The lowest BCUT2D eigenvalue weighted by atomic mass is 9.70. The third-order valence-electron chi connectivity index (χ3n) is 5.11. The average Bonchev–Trinajstić information content (AvgIpc) is 2.75. The van der Waals surface area contributed by atoms with E-state index in [1.165, 1.54) is 0 Å². The number of para-hydroxylation sites is 1. The second-order valence-electron chi connectivity index (χ2n) is 7.08. The third kappa shape index (κ3) is 4.15. The van der Waals surface area contributed by atoms with E-state index in [-0.39, 0.29) is 6.04 Å². The molecule has 0 aliphatic carbocycles. The molecular formula is C25H26N2O. The summed E-state index contributed by atoms with van der Waals surface area (Å²) in [6.07, 6.45) is 2.53. The minimum absolute atomic E-state index is 0.125. The van der Waals surface area contributed by atoms with E-state index in [4.69, 9.17) is 0 Å². The molecule has 0 radical (unpaired) electrons. The summed E-state index contributed by atoms with van der Waals surface area (Å²) in [4.78, 5) is 0. The topological polar surface area (TPSA) is 44.6 Å². The van der Waals surface area contributed by atoms with Crippen LogP contribution in [-0.2, 0) is 0 Å². The summed E-state index contributed by atoms with van der Waals surface area (Å²) in [5, 5.41) is 17.5. The summed E-state index contributed by atoms with van der Waals surface area (Å²) in [7, 11) is 0. The fourth-order valence-corrected chi connectivity index (χ4v) is 3.71. The zero-order valence-corrected chi connectivity index (χ0v) is 16.1. The molecule has 3 heteroatoms. The average molecular weight is 370 g/mol. The second-order valence-corrected chi connectivity index (χ2v) is 7.08. The second kappa shape index (κ2) is 9.05. The van der Waals surface area contributed by atoms with E-state index in [9.17, 15) is 5.21 Å². The van der Waals surface area contributed by atoms with Crippen molar-refractivity contribution in [3.05, 3.63) is 115 Å². The maximum absolute atomic E-state index is 10.0. The maximum Gasteiger partial charge on any atom is 0.0953 e. The van der Waals surface area contributed by atoms with Crippen molar-refractivity contribution in [1.82, 2.24) is 0 Å². The number of anilines is 1. The van der Waals surface area contributed by atoms with Crippen molar-refractivity contribution in [3.8, 4) is 0 Å². The lowest BCUT2D eigenvalue weighted by Crippen LogP contribution is -2.39. The number of hydrogen-bond donors (Lipinski definition) is 2. The minimum Gasteiger partial charge on any atom is -0.411 e. The molecule has 0 heterocycles. The Kier molecular flexibility index (Phi) is 6.28. The van der Waals surface area contributed by atoms with Crippen LogP contribution >= 0.6 is 0 Å². The molecule has 0 aromatic heterocycles. The van der Waals surface area contributed by atoms with Crippen LogP contribution in [0.2, 0.25) is 0 Å². The first-order chi connectivity index (χ1) is 13.7. The van der Waals surface area contributed by atoms with Crippen LogP contribution in [0.4, 0.5) is 5.69 Å². The van der Waals surface area contributed by atoms with Crippen molar-refractivity contribution in [3.63, 3.8) is 0 Å². The van der Waals surface area contributed by atoms with Gasteiger partial charge in [0.15, 0.2) is 0 Å². The van der Waals surface area contributed by atoms with Crippen LogP contribution in [0, 0.1) is 5.41 Å². The van der Waals surface area contributed by atoms with Crippen LogP contribution in [0.15, 0.2) is 109 Å². The number of nitrogens with zero attached hydrogens (tertiary/aromatic N) is 1. The smallest absolute Gasteiger partial charge is 0.0953 e. The molecule has 0 aliphatic heterocycles. The van der Waals surface area contributed by atoms with E-state index in [0.717, 1.165) is 16.8 Å². The summed E-state index contributed by atoms with van der Waals surface area (Å²) >= 11 is 0. The number of allylic oxidation sites excluding steroid dienone is 1. The third-order valence-corrected chi connectivity index (χ3v) is 5.11. The summed E-state index contributed by atoms with van der Waals surface area (Å²) in [5.74, 6) is 0. The molecule has 3 nitrogen and oxygen atoms in total. The largest absolute Gasteiger partial charge is 0.411 e. The minimum atomic E-state index is -0.533. The molecule has 3 aromatic rings. The fraction of sp³-hybridized carbons (Fsp3) is 0.160. The number of nitrogens with one attached hydrogen (secondary N) is 1. The highest BCUT2D eigenvalue weighted by atomic mass is 16.4. The zero-order valence-electron chi connectivity index (χ0n) is 16.1. The van der Waals surface area contributed by atoms with Gasteiger partial charge >= 0.3 is 0 Å². The maximum atomic E-state index is 10.0. The van der Waals surface area contributed by atoms with E-state index in [2.05, 4.69) is 36.1 Å². The standard InChI is InChI=1S/C25H26N2O/c1-3-19-25(2,24(27-28)21-15-9-5-10-16-21)23(20-13-7-4-8-14-20)26-22-17-11-6-12-18-22/h3-18,23,26,28H,1,19H2,2H3/b27-24+. The van der Waals surface area contributed by atoms with Gasteiger partial charge in [0.05, 0.1) is 11.8 Å². The van der Waals surface area contributed by atoms with Crippen molar-refractivity contribution >= 4 is 11.4 Å². The summed E-state index contributed by atoms with van der Waals surface area (Å²) in [5.41, 5.74) is 3.12. The van der Waals surface area contributed by atoms with Crippen molar-refractivity contribution in [2.75, 3.05) is 5.32 Å². The highest BCUT2D eigenvalue weighted by Crippen LogP contribution is 2.43. The molecular weight excluding hydrogens is 344 g/mol. The molecule has 2 atom stereocenters. The van der Waals surface area contributed by atoms with Gasteiger partial charge in [0.1, 0.15) is 0 Å². The molecule has 0 aliphatic rings. The Bertz CT molecular complexity index is 907. The molecule has 28 heavy (non-hydrogen) atoms. The van der Waals surface area contributed by atoms with Gasteiger partial charge in [-0.1, -0.05) is 97.0 Å². The van der Waals surface area contributed by atoms with E-state index in [0.29, 0.717) is 12.1 Å². The number of rotatable bonds is 8. The molecule has 0 fully saturated rings. The van der Waals surface area contributed by atoms with Crippen LogP contribution < -0.4 is 5.32 Å². The van der Waals surface area contributed by atoms with Crippen molar-refractivity contribution in [1.29, 1.82) is 0 Å². The van der Waals surface area contributed by atoms with Gasteiger partial charge in [-0.25, -0.2) is 0 Å². The van der Waals surface area contributed by atoms with Gasteiger partial charge in [0.25, 0.3) is 0 Å². The monoisotopic (exact) mass is 370 g/mol. The molecule has 3 aromatic carbocycles. The van der Waals surface area contributed by atoms with Crippen LogP contribution in [0.25, 0.3) is 0 Å². The first-order valence-electron chi connectivity index (χ1n) is 9.44. The Balaban J connectivity index is 2.13. The first-order valence-corrected chi connectivity index (χ1v) is 9.44. The first kappa shape index (κ1) is 19.4. The predicted molar refractivity (Wildman–Crippen MR) is 117 cm³/mol. The van der Waals surface area contributed by atoms with Gasteiger partial charge in [-0.15, -0.1) is 6.58 Å². The fourth-order valence-electron chi connectivity index (χ4n) is 3.71. The van der Waals surface area contributed by atoms with Crippen LogP contribution in [0.1, 0.15) is 30.5 Å². The van der Waals surface area contributed by atoms with Gasteiger partial charge in [0.2, 0.25) is 0 Å². The molecule has 3 rings (SSSR count). The van der Waals surface area contributed by atoms with Crippen molar-refractivity contribution in [2.45, 2.75) is 19.4 Å². The summed E-state index contributed by atoms with van der Waals surface area (Å²) in [6, 6.07) is 30.1. The van der Waals surface area contributed by atoms with Gasteiger partial charge in [-0.2, -0.15) is 0 Å². The molecule has 2 unspecified atom stereocenters. The van der Waals surface area contributed by atoms with Crippen LogP contribution in [-0.4, -0.2) is 10.9 Å². The predicted octanol–water partition coefficient (Wildman–Crippen LogP) is 6.30. The molecule has 0 spiro atoms. The Morgan fingerprint density at radius 1 is 0.964 bits per heavy atom. The number of benzene rings is 3. The SMILES string of the molecule is C=CCC(C)(/C(=N/O)c1ccccc1)C(Nc1ccccc1)c1ccccc1. The van der Waals surface area contributed by atoms with Crippen molar-refractivity contribution < 1.29 is 5.21 Å². The Hall–Kier alpha value is -3.33. The molecule has 0 bridgehead atoms. The summed E-state index contributed by atoms with van der Waals surface area (Å²) < 4.78 is 0. The van der Waals surface area contributed by atoms with Gasteiger partial charge in [0, 0.05) is 11.1 Å². The molecule has 0 saturated carbocycles. The number of hydrogen-bond acceptors (Lipinski definition) is 3. The van der Waals surface area contributed by atoms with Gasteiger partial charge < -0.3 is 10.5 Å². The van der Waals surface area contributed by atoms with Crippen molar-refractivity contribution in [2.24, 2.45) is 10.6 Å². The molecule has 142 valence electrons. The highest BCUT2D eigenvalue weighted by molar-refractivity contribution is 6.05. The lowest BCUT2D eigenvalue weighted by Gasteiger charge is -2.39. The Morgan fingerprint density at radius 2 is 1.50 bits per heavy atom. The van der Waals surface area contributed by atoms with E-state index in [1.54, 1.807) is 0 Å². The van der Waals surface area contributed by atoms with E-state index < -0.39 is 5.41 Å². The molecule has 2 N–H and O–H groups in total. The zero-order chi connectivity index (χ0) is 19.8. The van der Waals surface area contributed by atoms with Gasteiger partial charge in [-0.3, -0.25) is 0 Å². The quantitative estimate of drug-likeness (QED) is 0.211. The normalized spacial score (nSPS) is 14.7. The Labute approximate surface area is 167 Å². The lowest BCUT2D eigenvalue weighted by molar-refractivity contribution is 0.300. The van der Waals surface area contributed by atoms with E-state index >= 15 is 0 Å².